The topological polar surface area (TPSA) is 59.2 Å². The van der Waals surface area contributed by atoms with Crippen LogP contribution in [0.1, 0.15) is 25.2 Å². The third-order valence-electron chi connectivity index (χ3n) is 3.67. The highest BCUT2D eigenvalue weighted by Crippen LogP contribution is 2.28. The number of rotatable bonds is 8. The zero-order chi connectivity index (χ0) is 16.8. The van der Waals surface area contributed by atoms with E-state index in [1.807, 2.05) is 50.2 Å². The molecule has 1 heterocycles. The van der Waals surface area contributed by atoms with Gasteiger partial charge in [-0.25, -0.2) is 4.98 Å². The van der Waals surface area contributed by atoms with Crippen molar-refractivity contribution in [2.45, 2.75) is 26.9 Å². The Labute approximate surface area is 142 Å². The number of nitrogens with one attached hydrogen (secondary N) is 2. The molecule has 0 radical (unpaired) electrons. The molecule has 0 fully saturated rings. The lowest BCUT2D eigenvalue weighted by Crippen LogP contribution is -2.14. The van der Waals surface area contributed by atoms with Gasteiger partial charge in [0.25, 0.3) is 0 Å². The fourth-order valence-corrected chi connectivity index (χ4v) is 2.62. The fraction of sp³-hybridized carbons (Fsp3) is 0.316. The SMILES string of the molecule is CCOc1ccc(CNCc2nc3ccccc3[nH]2)cc1OCC. The second-order valence-corrected chi connectivity index (χ2v) is 5.45. The van der Waals surface area contributed by atoms with Gasteiger partial charge in [0.2, 0.25) is 0 Å². The van der Waals surface area contributed by atoms with Crippen LogP contribution in [-0.4, -0.2) is 23.2 Å². The van der Waals surface area contributed by atoms with Crippen molar-refractivity contribution < 1.29 is 9.47 Å². The van der Waals surface area contributed by atoms with Crippen LogP contribution in [0, 0.1) is 0 Å². The first-order valence-corrected chi connectivity index (χ1v) is 8.33. The van der Waals surface area contributed by atoms with Crippen LogP contribution in [0.15, 0.2) is 42.5 Å². The molecule has 0 amide bonds. The van der Waals surface area contributed by atoms with Gasteiger partial charge in [-0.1, -0.05) is 18.2 Å². The normalized spacial score (nSPS) is 10.9. The minimum absolute atomic E-state index is 0.621. The molecule has 0 bridgehead atoms. The Kier molecular flexibility index (Phi) is 5.33. The number of para-hydroxylation sites is 2. The first-order valence-electron chi connectivity index (χ1n) is 8.33. The van der Waals surface area contributed by atoms with Crippen LogP contribution in [0.5, 0.6) is 11.5 Å². The Morgan fingerprint density at radius 1 is 0.958 bits per heavy atom. The summed E-state index contributed by atoms with van der Waals surface area (Å²) in [7, 11) is 0. The minimum Gasteiger partial charge on any atom is -0.490 e. The fourth-order valence-electron chi connectivity index (χ4n) is 2.62. The lowest BCUT2D eigenvalue weighted by Gasteiger charge is -2.12. The maximum atomic E-state index is 5.66. The Morgan fingerprint density at radius 3 is 2.54 bits per heavy atom. The third-order valence-corrected chi connectivity index (χ3v) is 3.67. The molecule has 0 aliphatic heterocycles. The summed E-state index contributed by atoms with van der Waals surface area (Å²) >= 11 is 0. The highest BCUT2D eigenvalue weighted by atomic mass is 16.5. The molecule has 126 valence electrons. The molecule has 0 unspecified atom stereocenters. The van der Waals surface area contributed by atoms with Gasteiger partial charge in [-0.3, -0.25) is 0 Å². The number of aromatic nitrogens is 2. The Bertz CT molecular complexity index is 765. The van der Waals surface area contributed by atoms with Crippen LogP contribution in [0.3, 0.4) is 0 Å². The van der Waals surface area contributed by atoms with E-state index in [1.165, 1.54) is 0 Å². The molecule has 1 aromatic heterocycles. The zero-order valence-corrected chi connectivity index (χ0v) is 14.1. The largest absolute Gasteiger partial charge is 0.490 e. The molecule has 3 aromatic rings. The summed E-state index contributed by atoms with van der Waals surface area (Å²) in [6.45, 7) is 6.62. The average Bonchev–Trinajstić information content (AvgIpc) is 3.00. The van der Waals surface area contributed by atoms with Crippen LogP contribution < -0.4 is 14.8 Å². The van der Waals surface area contributed by atoms with E-state index in [2.05, 4.69) is 21.4 Å². The van der Waals surface area contributed by atoms with Gasteiger partial charge in [-0.15, -0.1) is 0 Å². The summed E-state index contributed by atoms with van der Waals surface area (Å²) in [4.78, 5) is 7.89. The molecule has 2 aromatic carbocycles. The molecule has 0 aliphatic carbocycles. The van der Waals surface area contributed by atoms with Gasteiger partial charge in [0, 0.05) is 6.54 Å². The Morgan fingerprint density at radius 2 is 1.75 bits per heavy atom. The van der Waals surface area contributed by atoms with Crippen molar-refractivity contribution in [2.24, 2.45) is 0 Å². The van der Waals surface area contributed by atoms with Gasteiger partial charge in [0.15, 0.2) is 11.5 Å². The summed E-state index contributed by atoms with van der Waals surface area (Å²) in [5.41, 5.74) is 3.21. The standard InChI is InChI=1S/C19H23N3O2/c1-3-23-17-10-9-14(11-18(17)24-4-2)12-20-13-19-21-15-7-5-6-8-16(15)22-19/h5-11,20H,3-4,12-13H2,1-2H3,(H,21,22). The average molecular weight is 325 g/mol. The van der Waals surface area contributed by atoms with Gasteiger partial charge < -0.3 is 19.8 Å². The molecule has 5 heteroatoms. The number of nitrogens with zero attached hydrogens (tertiary/aromatic N) is 1. The van der Waals surface area contributed by atoms with Gasteiger partial charge in [0.1, 0.15) is 5.82 Å². The summed E-state index contributed by atoms with van der Waals surface area (Å²) in [5.74, 6) is 2.52. The summed E-state index contributed by atoms with van der Waals surface area (Å²) in [6.07, 6.45) is 0. The van der Waals surface area contributed by atoms with Crippen LogP contribution in [-0.2, 0) is 13.1 Å². The highest BCUT2D eigenvalue weighted by Gasteiger charge is 2.07. The van der Waals surface area contributed by atoms with E-state index < -0.39 is 0 Å². The van der Waals surface area contributed by atoms with Crippen LogP contribution in [0.4, 0.5) is 0 Å². The number of aromatic amines is 1. The van der Waals surface area contributed by atoms with E-state index >= 15 is 0 Å². The first kappa shape index (κ1) is 16.3. The molecule has 0 aliphatic rings. The molecule has 0 atom stereocenters. The number of H-pyrrole nitrogens is 1. The predicted octanol–water partition coefficient (Wildman–Crippen LogP) is 3.65. The Hall–Kier alpha value is -2.53. The van der Waals surface area contributed by atoms with Crippen LogP contribution in [0.2, 0.25) is 0 Å². The second kappa shape index (κ2) is 7.84. The molecule has 5 nitrogen and oxygen atoms in total. The molecule has 2 N–H and O–H groups in total. The summed E-state index contributed by atoms with van der Waals surface area (Å²) in [5, 5.41) is 3.41. The molecule has 0 saturated carbocycles. The molecule has 3 rings (SSSR count). The number of benzene rings is 2. The number of hydrogen-bond acceptors (Lipinski definition) is 4. The molecular formula is C19H23N3O2. The second-order valence-electron chi connectivity index (χ2n) is 5.45. The lowest BCUT2D eigenvalue weighted by molar-refractivity contribution is 0.287. The Balaban J connectivity index is 1.62. The summed E-state index contributed by atoms with van der Waals surface area (Å²) < 4.78 is 11.3. The maximum Gasteiger partial charge on any atom is 0.161 e. The summed E-state index contributed by atoms with van der Waals surface area (Å²) in [6, 6.07) is 14.1. The molecule has 0 spiro atoms. The minimum atomic E-state index is 0.621. The number of fused-ring (bicyclic) bond motifs is 1. The van der Waals surface area contributed by atoms with E-state index in [-0.39, 0.29) is 0 Å². The van der Waals surface area contributed by atoms with Gasteiger partial charge in [0.05, 0.1) is 30.8 Å². The number of hydrogen-bond donors (Lipinski definition) is 2. The van der Waals surface area contributed by atoms with Crippen LogP contribution >= 0.6 is 0 Å². The van der Waals surface area contributed by atoms with Gasteiger partial charge >= 0.3 is 0 Å². The quantitative estimate of drug-likeness (QED) is 0.664. The van der Waals surface area contributed by atoms with E-state index in [0.717, 1.165) is 40.5 Å². The van der Waals surface area contributed by atoms with Gasteiger partial charge in [-0.2, -0.15) is 0 Å². The molecular weight excluding hydrogens is 302 g/mol. The highest BCUT2D eigenvalue weighted by molar-refractivity contribution is 5.74. The van der Waals surface area contributed by atoms with Gasteiger partial charge in [-0.05, 0) is 43.7 Å². The van der Waals surface area contributed by atoms with E-state index in [4.69, 9.17) is 9.47 Å². The van der Waals surface area contributed by atoms with E-state index in [0.29, 0.717) is 19.8 Å². The number of imidazole rings is 1. The molecule has 24 heavy (non-hydrogen) atoms. The number of ether oxygens (including phenoxy) is 2. The van der Waals surface area contributed by atoms with Crippen molar-refractivity contribution in [1.82, 2.24) is 15.3 Å². The monoisotopic (exact) mass is 325 g/mol. The van der Waals surface area contributed by atoms with Crippen molar-refractivity contribution in [1.29, 1.82) is 0 Å². The van der Waals surface area contributed by atoms with Crippen LogP contribution in [0.25, 0.3) is 11.0 Å². The zero-order valence-electron chi connectivity index (χ0n) is 14.1. The maximum absolute atomic E-state index is 5.66. The van der Waals surface area contributed by atoms with Crippen molar-refractivity contribution in [3.8, 4) is 11.5 Å². The van der Waals surface area contributed by atoms with Crippen molar-refractivity contribution >= 4 is 11.0 Å². The third kappa shape index (κ3) is 3.86. The van der Waals surface area contributed by atoms with Crippen molar-refractivity contribution in [2.75, 3.05) is 13.2 Å². The smallest absolute Gasteiger partial charge is 0.161 e. The molecule has 0 saturated heterocycles. The first-order chi connectivity index (χ1) is 11.8. The van der Waals surface area contributed by atoms with E-state index in [1.54, 1.807) is 0 Å². The van der Waals surface area contributed by atoms with E-state index in [9.17, 15) is 0 Å². The lowest BCUT2D eigenvalue weighted by atomic mass is 10.2. The van der Waals surface area contributed by atoms with Crippen molar-refractivity contribution in [3.63, 3.8) is 0 Å². The van der Waals surface area contributed by atoms with Crippen molar-refractivity contribution in [3.05, 3.63) is 53.9 Å². The predicted molar refractivity (Wildman–Crippen MR) is 95.4 cm³/mol.